The minimum Gasteiger partial charge on any atom is -0.297 e. The third-order valence-electron chi connectivity index (χ3n) is 2.41. The summed E-state index contributed by atoms with van der Waals surface area (Å²) in [6.45, 7) is 12.3. The fraction of sp³-hybridized carbons (Fsp3) is 0.333. The molecule has 0 heterocycles. The quantitative estimate of drug-likeness (QED) is 0.359. The van der Waals surface area contributed by atoms with Gasteiger partial charge in [-0.05, 0) is 18.1 Å². The molecular formula is C12H18O2Si. The fourth-order valence-corrected chi connectivity index (χ4v) is 5.19. The molecule has 0 aliphatic carbocycles. The Morgan fingerprint density at radius 1 is 1.00 bits per heavy atom. The summed E-state index contributed by atoms with van der Waals surface area (Å²) in [5, 5.41) is -0.220. The first kappa shape index (κ1) is 13.8. The summed E-state index contributed by atoms with van der Waals surface area (Å²) in [6, 6.07) is 1.84. The molecule has 0 amide bonds. The standard InChI is InChI=1S/C12H18O2Si/c1-5-8-15(9-6-2,10-7-3)12(14)11(4)13/h5-7H,1-3,8-10H2,4H3. The zero-order valence-corrected chi connectivity index (χ0v) is 10.3. The Balaban J connectivity index is 5.15. The molecule has 0 N–H and O–H groups in total. The van der Waals surface area contributed by atoms with Crippen molar-refractivity contribution in [2.75, 3.05) is 0 Å². The van der Waals surface area contributed by atoms with Crippen molar-refractivity contribution < 1.29 is 9.59 Å². The third kappa shape index (κ3) is 3.44. The average Bonchev–Trinajstić information content (AvgIpc) is 2.17. The summed E-state index contributed by atoms with van der Waals surface area (Å²) in [6.07, 6.45) is 5.17. The smallest absolute Gasteiger partial charge is 0.190 e. The average molecular weight is 222 g/mol. The summed E-state index contributed by atoms with van der Waals surface area (Å²) in [7, 11) is -2.30. The van der Waals surface area contributed by atoms with Crippen LogP contribution < -0.4 is 0 Å². The summed E-state index contributed by atoms with van der Waals surface area (Å²) in [5.74, 6) is -0.354. The highest BCUT2D eigenvalue weighted by atomic mass is 28.3. The van der Waals surface area contributed by atoms with Gasteiger partial charge in [-0.25, -0.2) is 0 Å². The third-order valence-corrected chi connectivity index (χ3v) is 6.93. The topological polar surface area (TPSA) is 34.1 Å². The molecule has 82 valence electrons. The Bertz CT molecular complexity index is 265. The molecule has 0 unspecified atom stereocenters. The maximum Gasteiger partial charge on any atom is 0.190 e. The zero-order chi connectivity index (χ0) is 11.9. The lowest BCUT2D eigenvalue weighted by Crippen LogP contribution is -2.46. The number of ketones is 1. The van der Waals surface area contributed by atoms with E-state index >= 15 is 0 Å². The van der Waals surface area contributed by atoms with E-state index in [1.54, 1.807) is 18.2 Å². The molecule has 3 heteroatoms. The lowest BCUT2D eigenvalue weighted by molar-refractivity contribution is -0.131. The zero-order valence-electron chi connectivity index (χ0n) is 9.29. The molecule has 0 aromatic carbocycles. The summed E-state index contributed by atoms with van der Waals surface area (Å²) in [4.78, 5) is 23.1. The van der Waals surface area contributed by atoms with Gasteiger partial charge in [-0.2, -0.15) is 0 Å². The fourth-order valence-electron chi connectivity index (χ4n) is 1.73. The summed E-state index contributed by atoms with van der Waals surface area (Å²) >= 11 is 0. The minimum atomic E-state index is -2.30. The van der Waals surface area contributed by atoms with E-state index < -0.39 is 8.07 Å². The highest BCUT2D eigenvalue weighted by molar-refractivity contribution is 7.14. The van der Waals surface area contributed by atoms with Crippen molar-refractivity contribution >= 4 is 19.3 Å². The monoisotopic (exact) mass is 222 g/mol. The van der Waals surface area contributed by atoms with Crippen molar-refractivity contribution in [2.45, 2.75) is 25.1 Å². The predicted molar refractivity (Wildman–Crippen MR) is 66.5 cm³/mol. The minimum absolute atomic E-state index is 0.220. The van der Waals surface area contributed by atoms with Crippen LogP contribution in [0.15, 0.2) is 38.0 Å². The maximum atomic E-state index is 11.9. The molecule has 0 aromatic rings. The molecular weight excluding hydrogens is 204 g/mol. The maximum absolute atomic E-state index is 11.9. The number of allylic oxidation sites excluding steroid dienone is 3. The van der Waals surface area contributed by atoms with Gasteiger partial charge in [0.05, 0.1) is 0 Å². The number of hydrogen-bond donors (Lipinski definition) is 0. The lowest BCUT2D eigenvalue weighted by Gasteiger charge is -2.25. The Labute approximate surface area is 92.4 Å². The number of Topliss-reactive ketones (excluding diaryl/α,β-unsaturated/α-hetero) is 1. The van der Waals surface area contributed by atoms with E-state index in [0.717, 1.165) is 0 Å². The van der Waals surface area contributed by atoms with Crippen molar-refractivity contribution in [3.8, 4) is 0 Å². The highest BCUT2D eigenvalue weighted by Gasteiger charge is 2.39. The van der Waals surface area contributed by atoms with Crippen LogP contribution in [0.2, 0.25) is 18.1 Å². The van der Waals surface area contributed by atoms with Crippen LogP contribution in [-0.2, 0) is 9.59 Å². The van der Waals surface area contributed by atoms with E-state index in [1.807, 2.05) is 0 Å². The highest BCUT2D eigenvalue weighted by Crippen LogP contribution is 2.24. The SMILES string of the molecule is C=CC[Si](CC=C)(CC=C)C(=O)C(C)=O. The Morgan fingerprint density at radius 2 is 1.33 bits per heavy atom. The van der Waals surface area contributed by atoms with Crippen molar-refractivity contribution in [1.82, 2.24) is 0 Å². The van der Waals surface area contributed by atoms with Gasteiger partial charge in [0.15, 0.2) is 19.3 Å². The molecule has 0 aromatic heterocycles. The van der Waals surface area contributed by atoms with Crippen molar-refractivity contribution in [2.24, 2.45) is 0 Å². The molecule has 0 saturated heterocycles. The molecule has 0 rings (SSSR count). The van der Waals surface area contributed by atoms with Gasteiger partial charge in [-0.3, -0.25) is 9.59 Å². The number of hydrogen-bond acceptors (Lipinski definition) is 2. The predicted octanol–water partition coefficient (Wildman–Crippen LogP) is 2.69. The normalized spacial score (nSPS) is 10.5. The molecule has 0 aliphatic heterocycles. The molecule has 0 saturated carbocycles. The second-order valence-electron chi connectivity index (χ2n) is 3.64. The number of carbonyl (C=O) groups is 2. The molecule has 0 fully saturated rings. The Hall–Kier alpha value is -1.22. The van der Waals surface area contributed by atoms with Crippen LogP contribution in [0.1, 0.15) is 6.92 Å². The molecule has 0 radical (unpaired) electrons. The molecule has 0 bridgehead atoms. The van der Waals surface area contributed by atoms with E-state index in [4.69, 9.17) is 0 Å². The molecule has 0 aliphatic rings. The Morgan fingerprint density at radius 3 is 1.53 bits per heavy atom. The Kier molecular flexibility index (Phi) is 5.78. The molecule has 0 atom stereocenters. The van der Waals surface area contributed by atoms with Crippen LogP contribution in [0.25, 0.3) is 0 Å². The van der Waals surface area contributed by atoms with E-state index in [2.05, 4.69) is 19.7 Å². The van der Waals surface area contributed by atoms with Gasteiger partial charge in [0, 0.05) is 6.92 Å². The molecule has 2 nitrogen and oxygen atoms in total. The number of rotatable bonds is 8. The first-order valence-electron chi connectivity index (χ1n) is 4.92. The van der Waals surface area contributed by atoms with Crippen molar-refractivity contribution in [3.05, 3.63) is 38.0 Å². The van der Waals surface area contributed by atoms with Crippen molar-refractivity contribution in [3.63, 3.8) is 0 Å². The van der Waals surface area contributed by atoms with Gasteiger partial charge in [-0.1, -0.05) is 18.2 Å². The van der Waals surface area contributed by atoms with Gasteiger partial charge >= 0.3 is 0 Å². The van der Waals surface area contributed by atoms with Crippen LogP contribution >= 0.6 is 0 Å². The van der Waals surface area contributed by atoms with Gasteiger partial charge in [0.25, 0.3) is 0 Å². The van der Waals surface area contributed by atoms with E-state index in [9.17, 15) is 9.59 Å². The molecule has 15 heavy (non-hydrogen) atoms. The van der Waals surface area contributed by atoms with Crippen molar-refractivity contribution in [1.29, 1.82) is 0 Å². The van der Waals surface area contributed by atoms with E-state index in [-0.39, 0.29) is 11.2 Å². The van der Waals surface area contributed by atoms with Gasteiger partial charge in [-0.15, -0.1) is 19.7 Å². The van der Waals surface area contributed by atoms with Gasteiger partial charge < -0.3 is 0 Å². The first-order chi connectivity index (χ1) is 7.04. The van der Waals surface area contributed by atoms with Crippen LogP contribution in [0.5, 0.6) is 0 Å². The van der Waals surface area contributed by atoms with Crippen LogP contribution in [0.4, 0.5) is 0 Å². The van der Waals surface area contributed by atoms with E-state index in [0.29, 0.717) is 18.1 Å². The number of carbonyl (C=O) groups excluding carboxylic acids is 2. The second kappa shape index (κ2) is 6.30. The van der Waals surface area contributed by atoms with Crippen LogP contribution in [0.3, 0.4) is 0 Å². The van der Waals surface area contributed by atoms with Gasteiger partial charge in [0.2, 0.25) is 0 Å². The lowest BCUT2D eigenvalue weighted by atomic mass is 10.5. The van der Waals surface area contributed by atoms with Crippen LogP contribution in [0, 0.1) is 0 Å². The summed E-state index contributed by atoms with van der Waals surface area (Å²) < 4.78 is 0. The largest absolute Gasteiger partial charge is 0.297 e. The van der Waals surface area contributed by atoms with Crippen LogP contribution in [-0.4, -0.2) is 19.3 Å². The van der Waals surface area contributed by atoms with E-state index in [1.165, 1.54) is 6.92 Å². The second-order valence-corrected chi connectivity index (χ2v) is 7.88. The van der Waals surface area contributed by atoms with Gasteiger partial charge in [0.1, 0.15) is 0 Å². The summed E-state index contributed by atoms with van der Waals surface area (Å²) in [5.41, 5.74) is 0. The molecule has 0 spiro atoms. The first-order valence-corrected chi connectivity index (χ1v) is 7.54.